The van der Waals surface area contributed by atoms with E-state index >= 15 is 0 Å². The molecule has 2 heterocycles. The molecule has 0 unspecified atom stereocenters. The molecule has 3 N–H and O–H groups in total. The van der Waals surface area contributed by atoms with Crippen molar-refractivity contribution in [2.75, 3.05) is 6.54 Å². The number of nitrogens with two attached hydrogens (primary N) is 1. The Hall–Kier alpha value is -2.13. The summed E-state index contributed by atoms with van der Waals surface area (Å²) in [5.41, 5.74) is 7.97. The van der Waals surface area contributed by atoms with Crippen LogP contribution in [0.4, 0.5) is 0 Å². The molecule has 1 aromatic carbocycles. The zero-order chi connectivity index (χ0) is 18.0. The van der Waals surface area contributed by atoms with Crippen molar-refractivity contribution < 1.29 is 4.74 Å². The van der Waals surface area contributed by atoms with Gasteiger partial charge in [-0.3, -0.25) is 0 Å². The molecule has 0 radical (unpaired) electrons. The molecule has 7 heteroatoms. The van der Waals surface area contributed by atoms with E-state index in [-0.39, 0.29) is 24.0 Å². The normalized spacial score (nSPS) is 10.9. The Morgan fingerprint density at radius 3 is 2.74 bits per heavy atom. The van der Waals surface area contributed by atoms with E-state index in [2.05, 4.69) is 32.8 Å². The minimum absolute atomic E-state index is 0. The Kier molecular flexibility index (Phi) is 9.06. The summed E-state index contributed by atoms with van der Waals surface area (Å²) < 4.78 is 5.85. The lowest BCUT2D eigenvalue weighted by atomic mass is 10.2. The summed E-state index contributed by atoms with van der Waals surface area (Å²) in [6.07, 6.45) is 2.66. The third kappa shape index (κ3) is 7.18. The maximum absolute atomic E-state index is 5.96. The number of guanidine groups is 1. The smallest absolute Gasteiger partial charge is 0.218 e. The maximum atomic E-state index is 5.96. The third-order valence-electron chi connectivity index (χ3n) is 3.75. The van der Waals surface area contributed by atoms with E-state index in [4.69, 9.17) is 10.5 Å². The van der Waals surface area contributed by atoms with Crippen LogP contribution in [0, 0.1) is 0 Å². The van der Waals surface area contributed by atoms with Crippen molar-refractivity contribution in [2.24, 2.45) is 10.7 Å². The van der Waals surface area contributed by atoms with Gasteiger partial charge in [-0.05, 0) is 29.5 Å². The number of halogens is 1. The lowest BCUT2D eigenvalue weighted by Crippen LogP contribution is -2.33. The van der Waals surface area contributed by atoms with E-state index in [0.717, 1.165) is 24.1 Å². The second-order valence-corrected chi connectivity index (χ2v) is 6.73. The highest BCUT2D eigenvalue weighted by molar-refractivity contribution is 14.0. The number of nitrogens with one attached hydrogen (secondary N) is 1. The van der Waals surface area contributed by atoms with Gasteiger partial charge in [-0.25, -0.2) is 9.98 Å². The first-order valence-corrected chi connectivity index (χ1v) is 9.36. The van der Waals surface area contributed by atoms with Crippen molar-refractivity contribution in [1.29, 1.82) is 0 Å². The van der Waals surface area contributed by atoms with Crippen molar-refractivity contribution in [3.05, 3.63) is 82.2 Å². The van der Waals surface area contributed by atoms with Crippen LogP contribution in [-0.4, -0.2) is 17.5 Å². The monoisotopic (exact) mass is 494 g/mol. The molecule has 0 amide bonds. The van der Waals surface area contributed by atoms with Gasteiger partial charge in [-0.15, -0.1) is 35.3 Å². The number of hydrogen-bond donors (Lipinski definition) is 2. The summed E-state index contributed by atoms with van der Waals surface area (Å²) in [6.45, 7) is 1.67. The fourth-order valence-corrected chi connectivity index (χ4v) is 3.10. The van der Waals surface area contributed by atoms with Crippen LogP contribution in [0.15, 0.2) is 71.2 Å². The molecule has 2 aromatic heterocycles. The van der Waals surface area contributed by atoms with Crippen LogP contribution in [0.1, 0.15) is 16.0 Å². The number of thiophene rings is 1. The molecule has 0 atom stereocenters. The van der Waals surface area contributed by atoms with Gasteiger partial charge in [0.2, 0.25) is 5.88 Å². The highest BCUT2D eigenvalue weighted by Gasteiger charge is 2.05. The quantitative estimate of drug-likeness (QED) is 0.282. The van der Waals surface area contributed by atoms with Gasteiger partial charge in [0.15, 0.2) is 5.96 Å². The van der Waals surface area contributed by atoms with Gasteiger partial charge < -0.3 is 15.8 Å². The van der Waals surface area contributed by atoms with Crippen LogP contribution in [0.5, 0.6) is 5.88 Å². The Balaban J connectivity index is 0.00000261. The highest BCUT2D eigenvalue weighted by Crippen LogP contribution is 2.17. The summed E-state index contributed by atoms with van der Waals surface area (Å²) in [5, 5.41) is 5.22. The Morgan fingerprint density at radius 2 is 1.96 bits per heavy atom. The second kappa shape index (κ2) is 11.6. The lowest BCUT2D eigenvalue weighted by molar-refractivity contribution is 0.290. The van der Waals surface area contributed by atoms with Gasteiger partial charge in [0.05, 0.1) is 6.54 Å². The molecule has 3 rings (SSSR count). The molecule has 0 bridgehead atoms. The Bertz CT molecular complexity index is 825. The SMILES string of the molecule is I.NC(=NCc1cccnc1OCc1ccccc1)NCCc1cccs1. The second-order valence-electron chi connectivity index (χ2n) is 5.70. The summed E-state index contributed by atoms with van der Waals surface area (Å²) in [7, 11) is 0. The van der Waals surface area contributed by atoms with Crippen molar-refractivity contribution >= 4 is 41.3 Å². The molecule has 0 spiro atoms. The highest BCUT2D eigenvalue weighted by atomic mass is 127. The summed E-state index contributed by atoms with van der Waals surface area (Å²) in [5.74, 6) is 1.02. The van der Waals surface area contributed by atoms with Crippen LogP contribution in [0.3, 0.4) is 0 Å². The molecular formula is C20H23IN4OS. The fourth-order valence-electron chi connectivity index (χ4n) is 2.40. The van der Waals surface area contributed by atoms with Gasteiger partial charge in [-0.2, -0.15) is 0 Å². The zero-order valence-electron chi connectivity index (χ0n) is 14.9. The maximum Gasteiger partial charge on any atom is 0.218 e. The minimum atomic E-state index is 0. The molecule has 0 aliphatic carbocycles. The molecule has 3 aromatic rings. The van der Waals surface area contributed by atoms with Crippen LogP contribution in [0.2, 0.25) is 0 Å². The van der Waals surface area contributed by atoms with E-state index in [9.17, 15) is 0 Å². The van der Waals surface area contributed by atoms with Crippen LogP contribution in [-0.2, 0) is 19.6 Å². The van der Waals surface area contributed by atoms with Crippen molar-refractivity contribution in [3.8, 4) is 5.88 Å². The van der Waals surface area contributed by atoms with Crippen molar-refractivity contribution in [3.63, 3.8) is 0 Å². The van der Waals surface area contributed by atoms with Crippen LogP contribution >= 0.6 is 35.3 Å². The molecule has 27 heavy (non-hydrogen) atoms. The topological polar surface area (TPSA) is 72.5 Å². The molecule has 0 saturated heterocycles. The zero-order valence-corrected chi connectivity index (χ0v) is 18.0. The molecule has 0 saturated carbocycles. The van der Waals surface area contributed by atoms with Gasteiger partial charge in [0.1, 0.15) is 6.61 Å². The lowest BCUT2D eigenvalue weighted by Gasteiger charge is -2.09. The van der Waals surface area contributed by atoms with Crippen molar-refractivity contribution in [1.82, 2.24) is 10.3 Å². The van der Waals surface area contributed by atoms with Gasteiger partial charge in [0, 0.05) is 23.2 Å². The van der Waals surface area contributed by atoms with E-state index in [0.29, 0.717) is 25.0 Å². The third-order valence-corrected chi connectivity index (χ3v) is 4.68. The Morgan fingerprint density at radius 1 is 1.11 bits per heavy atom. The first-order chi connectivity index (χ1) is 12.8. The molecule has 0 fully saturated rings. The Labute approximate surface area is 180 Å². The molecule has 0 aliphatic heterocycles. The van der Waals surface area contributed by atoms with E-state index in [1.54, 1.807) is 17.5 Å². The van der Waals surface area contributed by atoms with Gasteiger partial charge >= 0.3 is 0 Å². The van der Waals surface area contributed by atoms with Gasteiger partial charge in [-0.1, -0.05) is 42.5 Å². The molecular weight excluding hydrogens is 471 g/mol. The van der Waals surface area contributed by atoms with Crippen molar-refractivity contribution in [2.45, 2.75) is 19.6 Å². The predicted molar refractivity (Wildman–Crippen MR) is 122 cm³/mol. The largest absolute Gasteiger partial charge is 0.473 e. The number of nitrogens with zero attached hydrogens (tertiary/aromatic N) is 2. The summed E-state index contributed by atoms with van der Waals surface area (Å²) in [4.78, 5) is 10.0. The predicted octanol–water partition coefficient (Wildman–Crippen LogP) is 3.99. The number of aromatic nitrogens is 1. The first-order valence-electron chi connectivity index (χ1n) is 8.48. The fraction of sp³-hybridized carbons (Fsp3) is 0.200. The molecule has 0 aliphatic rings. The number of rotatable bonds is 8. The van der Waals surface area contributed by atoms with E-state index in [1.807, 2.05) is 42.5 Å². The number of hydrogen-bond acceptors (Lipinski definition) is 4. The van der Waals surface area contributed by atoms with E-state index in [1.165, 1.54) is 4.88 Å². The summed E-state index contributed by atoms with van der Waals surface area (Å²) in [6, 6.07) is 18.0. The number of pyridine rings is 1. The first kappa shape index (κ1) is 21.2. The van der Waals surface area contributed by atoms with Crippen LogP contribution in [0.25, 0.3) is 0 Å². The minimum Gasteiger partial charge on any atom is -0.473 e. The molecule has 5 nitrogen and oxygen atoms in total. The number of aliphatic imine (C=N–C) groups is 1. The summed E-state index contributed by atoms with van der Waals surface area (Å²) >= 11 is 1.74. The number of benzene rings is 1. The standard InChI is InChI=1S/C20H22N4OS.HI/c21-20(23-12-10-18-9-5-13-26-18)24-14-17-8-4-11-22-19(17)25-15-16-6-2-1-3-7-16;/h1-9,11,13H,10,12,14-15H2,(H3,21,23,24);1H. The average Bonchev–Trinajstić information content (AvgIpc) is 3.20. The van der Waals surface area contributed by atoms with Crippen LogP contribution < -0.4 is 15.8 Å². The van der Waals surface area contributed by atoms with E-state index < -0.39 is 0 Å². The van der Waals surface area contributed by atoms with Gasteiger partial charge in [0.25, 0.3) is 0 Å². The molecule has 142 valence electrons. The average molecular weight is 494 g/mol. The number of ether oxygens (including phenoxy) is 1.